The monoisotopic (exact) mass is 550 g/mol. The van der Waals surface area contributed by atoms with E-state index in [2.05, 4.69) is 38.6 Å². The van der Waals surface area contributed by atoms with Crippen molar-refractivity contribution < 1.29 is 18.3 Å². The number of hydrogen-bond acceptors (Lipinski definition) is 5. The molecular formula is C23H21F2IN4O2. The van der Waals surface area contributed by atoms with Crippen molar-refractivity contribution in [2.24, 2.45) is 0 Å². The van der Waals surface area contributed by atoms with Crippen LogP contribution >= 0.6 is 22.6 Å². The van der Waals surface area contributed by atoms with Crippen molar-refractivity contribution >= 4 is 22.6 Å². The first-order valence-electron chi connectivity index (χ1n) is 10.2. The summed E-state index contributed by atoms with van der Waals surface area (Å²) in [4.78, 5) is 12.2. The molecule has 0 saturated heterocycles. The number of aromatic nitrogens is 3. The van der Waals surface area contributed by atoms with Crippen LogP contribution in [0.2, 0.25) is 0 Å². The SMILES string of the molecule is COc1cc(OCc2ncccc2C#N)ccc1-c1nc(C2CCC(F)(F)CC2)[nH]c1I. The molecule has 0 aliphatic heterocycles. The van der Waals surface area contributed by atoms with Crippen LogP contribution in [0, 0.1) is 15.0 Å². The second kappa shape index (κ2) is 9.40. The lowest BCUT2D eigenvalue weighted by Gasteiger charge is -2.26. The number of nitrogens with zero attached hydrogens (tertiary/aromatic N) is 3. The number of nitriles is 1. The highest BCUT2D eigenvalue weighted by molar-refractivity contribution is 14.1. The van der Waals surface area contributed by atoms with Gasteiger partial charge in [0.2, 0.25) is 5.92 Å². The Hall–Kier alpha value is -2.74. The minimum absolute atomic E-state index is 0.00167. The van der Waals surface area contributed by atoms with E-state index >= 15 is 0 Å². The van der Waals surface area contributed by atoms with Crippen LogP contribution in [-0.4, -0.2) is 28.0 Å². The van der Waals surface area contributed by atoms with Gasteiger partial charge in [0.25, 0.3) is 0 Å². The molecule has 1 fully saturated rings. The van der Waals surface area contributed by atoms with E-state index in [1.165, 1.54) is 0 Å². The molecule has 2 heterocycles. The number of H-pyrrole nitrogens is 1. The molecule has 166 valence electrons. The van der Waals surface area contributed by atoms with E-state index in [0.29, 0.717) is 35.6 Å². The topological polar surface area (TPSA) is 83.8 Å². The minimum atomic E-state index is -2.57. The maximum Gasteiger partial charge on any atom is 0.248 e. The number of imidazole rings is 1. The summed E-state index contributed by atoms with van der Waals surface area (Å²) in [5, 5.41) is 9.19. The average molecular weight is 550 g/mol. The summed E-state index contributed by atoms with van der Waals surface area (Å²) in [5.74, 6) is -0.684. The van der Waals surface area contributed by atoms with Crippen LogP contribution < -0.4 is 9.47 Å². The number of halogens is 3. The number of aromatic amines is 1. The molecule has 0 spiro atoms. The Morgan fingerprint density at radius 3 is 2.78 bits per heavy atom. The number of alkyl halides is 2. The molecule has 1 aromatic carbocycles. The molecule has 0 radical (unpaired) electrons. The van der Waals surface area contributed by atoms with E-state index < -0.39 is 5.92 Å². The van der Waals surface area contributed by atoms with Crippen molar-refractivity contribution in [1.82, 2.24) is 15.0 Å². The lowest BCUT2D eigenvalue weighted by atomic mass is 9.86. The summed E-state index contributed by atoms with van der Waals surface area (Å²) < 4.78 is 39.2. The number of benzene rings is 1. The van der Waals surface area contributed by atoms with E-state index in [1.54, 1.807) is 37.6 Å². The predicted molar refractivity (Wildman–Crippen MR) is 123 cm³/mol. The van der Waals surface area contributed by atoms with Gasteiger partial charge in [-0.2, -0.15) is 5.26 Å². The van der Waals surface area contributed by atoms with Crippen molar-refractivity contribution in [3.63, 3.8) is 0 Å². The highest BCUT2D eigenvalue weighted by atomic mass is 127. The summed E-state index contributed by atoms with van der Waals surface area (Å²) in [5.41, 5.74) is 2.53. The first-order valence-corrected chi connectivity index (χ1v) is 11.3. The Balaban J connectivity index is 1.53. The molecule has 0 amide bonds. The van der Waals surface area contributed by atoms with Crippen LogP contribution in [0.1, 0.15) is 48.7 Å². The van der Waals surface area contributed by atoms with Gasteiger partial charge in [-0.25, -0.2) is 13.8 Å². The summed E-state index contributed by atoms with van der Waals surface area (Å²) in [6.45, 7) is 0.155. The van der Waals surface area contributed by atoms with Gasteiger partial charge in [-0.1, -0.05) is 0 Å². The standard InChI is InChI=1S/C23H21F2IN4O2/c1-31-19-11-16(32-13-18-15(12-27)3-2-10-28-18)4-5-17(19)20-21(26)30-22(29-20)14-6-8-23(24,25)9-7-14/h2-5,10-11,14H,6-9,13H2,1H3,(H,29,30). The number of hydrogen-bond donors (Lipinski definition) is 1. The van der Waals surface area contributed by atoms with Crippen molar-refractivity contribution in [1.29, 1.82) is 5.26 Å². The molecule has 0 unspecified atom stereocenters. The van der Waals surface area contributed by atoms with Gasteiger partial charge in [0.05, 0.1) is 18.4 Å². The Bertz CT molecular complexity index is 1150. The first-order chi connectivity index (χ1) is 15.4. The second-order valence-electron chi connectivity index (χ2n) is 7.68. The van der Waals surface area contributed by atoms with E-state index in [9.17, 15) is 14.0 Å². The summed E-state index contributed by atoms with van der Waals surface area (Å²) in [7, 11) is 1.57. The third kappa shape index (κ3) is 4.85. The zero-order valence-corrected chi connectivity index (χ0v) is 19.5. The maximum absolute atomic E-state index is 13.5. The molecule has 1 saturated carbocycles. The van der Waals surface area contributed by atoms with E-state index in [0.717, 1.165) is 20.8 Å². The molecule has 4 rings (SSSR count). The van der Waals surface area contributed by atoms with Crippen molar-refractivity contribution in [3.05, 3.63) is 57.3 Å². The van der Waals surface area contributed by atoms with E-state index in [1.807, 2.05) is 6.07 Å². The number of rotatable bonds is 6. The smallest absolute Gasteiger partial charge is 0.248 e. The molecule has 2 aromatic heterocycles. The Morgan fingerprint density at radius 2 is 2.06 bits per heavy atom. The third-order valence-corrected chi connectivity index (χ3v) is 6.38. The summed E-state index contributed by atoms with van der Waals surface area (Å²) in [6.07, 6.45) is 2.23. The van der Waals surface area contributed by atoms with Crippen LogP contribution in [0.5, 0.6) is 11.5 Å². The Kier molecular flexibility index (Phi) is 6.60. The molecule has 0 atom stereocenters. The highest BCUT2D eigenvalue weighted by Crippen LogP contribution is 2.42. The maximum atomic E-state index is 13.5. The van der Waals surface area contributed by atoms with Crippen LogP contribution in [0.25, 0.3) is 11.3 Å². The van der Waals surface area contributed by atoms with E-state index in [-0.39, 0.29) is 25.4 Å². The predicted octanol–water partition coefficient (Wildman–Crippen LogP) is 5.83. The van der Waals surface area contributed by atoms with Gasteiger partial charge < -0.3 is 14.5 Å². The van der Waals surface area contributed by atoms with Gasteiger partial charge in [0.1, 0.15) is 39.4 Å². The zero-order valence-electron chi connectivity index (χ0n) is 17.4. The molecule has 0 bridgehead atoms. The molecule has 9 heteroatoms. The zero-order chi connectivity index (χ0) is 22.7. The Morgan fingerprint density at radius 1 is 1.28 bits per heavy atom. The van der Waals surface area contributed by atoms with Gasteiger partial charge in [-0.3, -0.25) is 4.98 Å². The fourth-order valence-electron chi connectivity index (χ4n) is 3.82. The molecule has 32 heavy (non-hydrogen) atoms. The summed E-state index contributed by atoms with van der Waals surface area (Å²) in [6, 6.07) is 10.9. The lowest BCUT2D eigenvalue weighted by Crippen LogP contribution is -2.24. The van der Waals surface area contributed by atoms with E-state index in [4.69, 9.17) is 14.5 Å². The molecule has 1 N–H and O–H groups in total. The average Bonchev–Trinajstić information content (AvgIpc) is 3.18. The van der Waals surface area contributed by atoms with Crippen LogP contribution in [0.4, 0.5) is 8.78 Å². The minimum Gasteiger partial charge on any atom is -0.496 e. The van der Waals surface area contributed by atoms with Crippen molar-refractivity contribution in [2.75, 3.05) is 7.11 Å². The fraction of sp³-hybridized carbons (Fsp3) is 0.348. The first kappa shape index (κ1) is 22.5. The number of ether oxygens (including phenoxy) is 2. The lowest BCUT2D eigenvalue weighted by molar-refractivity contribution is -0.0387. The largest absolute Gasteiger partial charge is 0.496 e. The quantitative estimate of drug-likeness (QED) is 0.391. The normalized spacial score (nSPS) is 15.8. The van der Waals surface area contributed by atoms with Gasteiger partial charge in [-0.15, -0.1) is 0 Å². The van der Waals surface area contributed by atoms with Gasteiger partial charge >= 0.3 is 0 Å². The molecule has 1 aliphatic carbocycles. The van der Waals surface area contributed by atoms with Gasteiger partial charge in [-0.05, 0) is 59.7 Å². The molecule has 1 aliphatic rings. The van der Waals surface area contributed by atoms with Crippen LogP contribution in [0.15, 0.2) is 36.5 Å². The van der Waals surface area contributed by atoms with Crippen LogP contribution in [0.3, 0.4) is 0 Å². The fourth-order valence-corrected chi connectivity index (χ4v) is 4.51. The number of nitrogens with one attached hydrogen (secondary N) is 1. The molecular weight excluding hydrogens is 529 g/mol. The Labute approximate surface area is 198 Å². The van der Waals surface area contributed by atoms with Crippen molar-refractivity contribution in [3.8, 4) is 28.8 Å². The van der Waals surface area contributed by atoms with Crippen molar-refractivity contribution in [2.45, 2.75) is 44.1 Å². The van der Waals surface area contributed by atoms with Crippen LogP contribution in [-0.2, 0) is 6.61 Å². The van der Waals surface area contributed by atoms with Gasteiger partial charge in [0.15, 0.2) is 0 Å². The molecule has 3 aromatic rings. The number of pyridine rings is 1. The number of methoxy groups -OCH3 is 1. The second-order valence-corrected chi connectivity index (χ2v) is 8.75. The van der Waals surface area contributed by atoms with Gasteiger partial charge in [0, 0.05) is 36.6 Å². The summed E-state index contributed by atoms with van der Waals surface area (Å²) >= 11 is 2.17. The third-order valence-electron chi connectivity index (χ3n) is 5.60. The molecule has 6 nitrogen and oxygen atoms in total. The highest BCUT2D eigenvalue weighted by Gasteiger charge is 2.36.